The maximum atomic E-state index is 14.0. The maximum Gasteiger partial charge on any atom is 0.394 e. The summed E-state index contributed by atoms with van der Waals surface area (Å²) in [7, 11) is -3.66. The molecule has 258 valence electrons. The van der Waals surface area contributed by atoms with Crippen molar-refractivity contribution >= 4 is 53.6 Å². The van der Waals surface area contributed by atoms with Gasteiger partial charge >= 0.3 is 11.3 Å². The second kappa shape index (κ2) is 8.94. The molecule has 0 aliphatic carbocycles. The summed E-state index contributed by atoms with van der Waals surface area (Å²) in [5, 5.41) is 4.88. The molecular formula is C47H29N5O2S+2. The zero-order valence-electron chi connectivity index (χ0n) is 29.7. The Kier molecular flexibility index (Phi) is 4.67. The third-order valence-corrected chi connectivity index (χ3v) is 14.9. The third kappa shape index (κ3) is 2.85. The van der Waals surface area contributed by atoms with Crippen LogP contribution in [0.1, 0.15) is 22.5 Å². The van der Waals surface area contributed by atoms with E-state index in [1.54, 1.807) is 12.1 Å². The fraction of sp³-hybridized carbons (Fsp3) is 0.0638. The monoisotopic (exact) mass is 727 g/mol. The molecule has 0 N–H and O–H groups in total. The standard InChI is InChI=1S/C47H29N5O2S/c1-26-42(28-20-21-32-31-13-5-8-19-40(31)55(53,54)41(32)25-28)27(2)52-47-43-37(49-35-15-6-3-11-29(35)33-22-23-39(51(26)52)44(47)45(33)49)17-9-18-38(43)50-36-16-7-4-12-30(36)34-14-10-24-48(47)46(34)50/h3-25H,1-2H3/q+2. The molecular weight excluding hydrogens is 699 g/mol. The van der Waals surface area contributed by atoms with Crippen LogP contribution in [0.4, 0.5) is 0 Å². The Labute approximate surface area is 314 Å². The highest BCUT2D eigenvalue weighted by molar-refractivity contribution is 7.92. The molecule has 1 spiro atoms. The molecule has 0 saturated carbocycles. The van der Waals surface area contributed by atoms with E-state index in [0.717, 1.165) is 56.4 Å². The van der Waals surface area contributed by atoms with Gasteiger partial charge in [0.05, 0.1) is 49.4 Å². The van der Waals surface area contributed by atoms with E-state index in [-0.39, 0.29) is 0 Å². The van der Waals surface area contributed by atoms with Crippen LogP contribution in [-0.4, -0.2) is 22.2 Å². The van der Waals surface area contributed by atoms with Gasteiger partial charge in [-0.25, -0.2) is 8.42 Å². The second-order valence-electron chi connectivity index (χ2n) is 15.4. The van der Waals surface area contributed by atoms with Gasteiger partial charge in [0.1, 0.15) is 22.3 Å². The Hall–Kier alpha value is -6.77. The summed E-state index contributed by atoms with van der Waals surface area (Å²) in [5.74, 6) is 0. The highest BCUT2D eigenvalue weighted by Gasteiger charge is 2.69. The summed E-state index contributed by atoms with van der Waals surface area (Å²) in [4.78, 5) is 0.753. The van der Waals surface area contributed by atoms with E-state index < -0.39 is 15.5 Å². The third-order valence-electron chi connectivity index (χ3n) is 13.1. The SMILES string of the molecule is Cc1c(-c2ccc3c(c2)S(=O)(=O)c2ccccc2-3)c(C)[n+]2n1-c1ccc3c4ccccc4n4c3c1C21c2c-4cccc2-n2c3ccccc3c3ccc[n+]1c32. The first-order chi connectivity index (χ1) is 26.9. The van der Waals surface area contributed by atoms with Crippen LogP contribution >= 0.6 is 0 Å². The highest BCUT2D eigenvalue weighted by Crippen LogP contribution is 2.55. The molecule has 7 nitrogen and oxygen atoms in total. The van der Waals surface area contributed by atoms with Crippen molar-refractivity contribution in [1.29, 1.82) is 0 Å². The van der Waals surface area contributed by atoms with E-state index in [9.17, 15) is 8.42 Å². The predicted molar refractivity (Wildman–Crippen MR) is 212 cm³/mol. The number of para-hydroxylation sites is 2. The van der Waals surface area contributed by atoms with Crippen LogP contribution < -0.4 is 9.25 Å². The Morgan fingerprint density at radius 2 is 1.27 bits per heavy atom. The van der Waals surface area contributed by atoms with Crippen molar-refractivity contribution < 1.29 is 17.7 Å². The van der Waals surface area contributed by atoms with Gasteiger partial charge in [-0.15, -0.1) is 4.68 Å². The number of hydrogen-bond acceptors (Lipinski definition) is 2. The van der Waals surface area contributed by atoms with Gasteiger partial charge in [0.15, 0.2) is 5.69 Å². The van der Waals surface area contributed by atoms with Crippen molar-refractivity contribution in [3.8, 4) is 39.3 Å². The van der Waals surface area contributed by atoms with Gasteiger partial charge in [0, 0.05) is 34.2 Å². The van der Waals surface area contributed by atoms with E-state index in [4.69, 9.17) is 0 Å². The van der Waals surface area contributed by atoms with Crippen LogP contribution in [0.2, 0.25) is 0 Å². The Morgan fingerprint density at radius 3 is 2.11 bits per heavy atom. The highest BCUT2D eigenvalue weighted by atomic mass is 32.2. The first kappa shape index (κ1) is 28.7. The van der Waals surface area contributed by atoms with Gasteiger partial charge in [-0.1, -0.05) is 71.4 Å². The summed E-state index contributed by atoms with van der Waals surface area (Å²) in [6, 6.07) is 46.7. The Balaban J connectivity index is 1.19. The summed E-state index contributed by atoms with van der Waals surface area (Å²) in [5.41, 5.74) is 15.4. The lowest BCUT2D eigenvalue weighted by atomic mass is 9.82. The van der Waals surface area contributed by atoms with E-state index >= 15 is 0 Å². The molecule has 8 heterocycles. The molecule has 0 saturated heterocycles. The van der Waals surface area contributed by atoms with E-state index in [1.807, 2.05) is 24.3 Å². The lowest BCUT2D eigenvalue weighted by molar-refractivity contribution is -0.989. The Bertz CT molecular complexity index is 3640. The fourth-order valence-electron chi connectivity index (χ4n) is 11.2. The molecule has 8 heteroatoms. The minimum Gasteiger partial charge on any atom is -0.307 e. The molecule has 4 aliphatic rings. The second-order valence-corrected chi connectivity index (χ2v) is 17.3. The van der Waals surface area contributed by atoms with Gasteiger partial charge in [-0.05, 0) is 79.2 Å². The zero-order chi connectivity index (χ0) is 36.3. The quantitative estimate of drug-likeness (QED) is 0.159. The van der Waals surface area contributed by atoms with Crippen molar-refractivity contribution in [2.45, 2.75) is 29.3 Å². The van der Waals surface area contributed by atoms with Gasteiger partial charge in [-0.3, -0.25) is 0 Å². The summed E-state index contributed by atoms with van der Waals surface area (Å²) in [6.07, 6.45) is 2.27. The lowest BCUT2D eigenvalue weighted by Gasteiger charge is -2.33. The van der Waals surface area contributed by atoms with Crippen LogP contribution in [0.3, 0.4) is 0 Å². The maximum absolute atomic E-state index is 14.0. The lowest BCUT2D eigenvalue weighted by Crippen LogP contribution is -2.77. The average Bonchev–Trinajstić information content (AvgIpc) is 3.96. The molecule has 4 aromatic heterocycles. The molecule has 14 rings (SSSR count). The van der Waals surface area contributed by atoms with Crippen LogP contribution in [0.15, 0.2) is 149 Å². The summed E-state index contributed by atoms with van der Waals surface area (Å²) < 4.78 is 40.4. The number of rotatable bonds is 1. The number of benzene rings is 6. The summed E-state index contributed by atoms with van der Waals surface area (Å²) in [6.45, 7) is 4.40. The van der Waals surface area contributed by atoms with E-state index in [1.165, 1.54) is 49.2 Å². The van der Waals surface area contributed by atoms with Crippen LogP contribution in [0, 0.1) is 13.8 Å². The van der Waals surface area contributed by atoms with Gasteiger partial charge in [0.25, 0.3) is 0 Å². The van der Waals surface area contributed by atoms with Gasteiger partial charge < -0.3 is 4.57 Å². The normalized spacial score (nSPS) is 17.3. The number of hydrogen-bond donors (Lipinski definition) is 0. The van der Waals surface area contributed by atoms with Gasteiger partial charge in [-0.2, -0.15) is 9.13 Å². The number of pyridine rings is 1. The van der Waals surface area contributed by atoms with E-state index in [2.05, 4.69) is 140 Å². The number of aromatic nitrogens is 5. The van der Waals surface area contributed by atoms with Crippen LogP contribution in [0.5, 0.6) is 0 Å². The zero-order valence-corrected chi connectivity index (χ0v) is 30.6. The topological polar surface area (TPSA) is 56.7 Å². The van der Waals surface area contributed by atoms with Crippen LogP contribution in [0.25, 0.3) is 83.1 Å². The summed E-state index contributed by atoms with van der Waals surface area (Å²) >= 11 is 0. The minimum atomic E-state index is -3.66. The molecule has 0 bridgehead atoms. The van der Waals surface area contributed by atoms with Crippen molar-refractivity contribution in [1.82, 2.24) is 13.8 Å². The molecule has 1 atom stereocenters. The first-order valence-corrected chi connectivity index (χ1v) is 20.2. The van der Waals surface area contributed by atoms with Gasteiger partial charge in [0.2, 0.25) is 15.5 Å². The molecule has 0 amide bonds. The molecule has 0 radical (unpaired) electrons. The van der Waals surface area contributed by atoms with Crippen molar-refractivity contribution in [3.05, 3.63) is 162 Å². The van der Waals surface area contributed by atoms with Crippen LogP contribution in [-0.2, 0) is 15.5 Å². The van der Waals surface area contributed by atoms with Crippen molar-refractivity contribution in [2.75, 3.05) is 0 Å². The molecule has 10 aromatic rings. The molecule has 55 heavy (non-hydrogen) atoms. The number of sulfone groups is 1. The first-order valence-electron chi connectivity index (χ1n) is 18.7. The smallest absolute Gasteiger partial charge is 0.307 e. The van der Waals surface area contributed by atoms with Crippen molar-refractivity contribution in [3.63, 3.8) is 0 Å². The predicted octanol–water partition coefficient (Wildman–Crippen LogP) is 8.58. The largest absolute Gasteiger partial charge is 0.394 e. The molecule has 4 aliphatic heterocycles. The molecule has 1 unspecified atom stereocenters. The van der Waals surface area contributed by atoms with E-state index in [0.29, 0.717) is 9.79 Å². The minimum absolute atomic E-state index is 0.373. The average molecular weight is 728 g/mol. The van der Waals surface area contributed by atoms with Crippen molar-refractivity contribution in [2.24, 2.45) is 0 Å². The molecule has 6 aromatic carbocycles. The number of nitrogens with zero attached hydrogens (tertiary/aromatic N) is 5. The fourth-order valence-corrected chi connectivity index (χ4v) is 13.0. The number of fused-ring (bicyclic) bond motifs is 13. The Morgan fingerprint density at radius 1 is 0.582 bits per heavy atom. The molecule has 0 fully saturated rings.